The molecule has 1 rings (SSSR count). The van der Waals surface area contributed by atoms with Gasteiger partial charge in [0.1, 0.15) is 11.4 Å². The summed E-state index contributed by atoms with van der Waals surface area (Å²) in [5.41, 5.74) is 6.75. The molecule has 20 heavy (non-hydrogen) atoms. The summed E-state index contributed by atoms with van der Waals surface area (Å²) in [5, 5.41) is 5.79. The van der Waals surface area contributed by atoms with Crippen molar-refractivity contribution < 1.29 is 14.3 Å². The lowest BCUT2D eigenvalue weighted by Crippen LogP contribution is -2.35. The molecule has 0 radical (unpaired) electrons. The highest BCUT2D eigenvalue weighted by molar-refractivity contribution is 5.73. The van der Waals surface area contributed by atoms with Gasteiger partial charge in [0.15, 0.2) is 0 Å². The van der Waals surface area contributed by atoms with Crippen LogP contribution in [-0.2, 0) is 4.74 Å². The highest BCUT2D eigenvalue weighted by atomic mass is 16.6. The van der Waals surface area contributed by atoms with Crippen LogP contribution in [0.25, 0.3) is 0 Å². The number of rotatable bonds is 5. The molecule has 0 aromatic heterocycles. The molecule has 0 aliphatic carbocycles. The molecule has 1 aromatic rings. The molecule has 6 nitrogen and oxygen atoms in total. The maximum Gasteiger partial charge on any atom is 0.407 e. The van der Waals surface area contributed by atoms with Crippen LogP contribution in [0.5, 0.6) is 5.75 Å². The normalized spacial score (nSPS) is 10.8. The van der Waals surface area contributed by atoms with Gasteiger partial charge in [0.05, 0.1) is 18.5 Å². The second-order valence-corrected chi connectivity index (χ2v) is 5.28. The highest BCUT2D eigenvalue weighted by Gasteiger charge is 2.15. The topological polar surface area (TPSA) is 85.6 Å². The van der Waals surface area contributed by atoms with Gasteiger partial charge in [-0.15, -0.1) is 0 Å². The van der Waals surface area contributed by atoms with E-state index >= 15 is 0 Å². The summed E-state index contributed by atoms with van der Waals surface area (Å²) in [6.07, 6.45) is -0.432. The Balaban J connectivity index is 2.37. The Bertz CT molecular complexity index is 455. The number of methoxy groups -OCH3 is 1. The number of amides is 1. The fourth-order valence-electron chi connectivity index (χ4n) is 1.55. The van der Waals surface area contributed by atoms with Gasteiger partial charge >= 0.3 is 6.09 Å². The highest BCUT2D eigenvalue weighted by Crippen LogP contribution is 2.28. The second-order valence-electron chi connectivity index (χ2n) is 5.28. The molecule has 1 aromatic carbocycles. The first-order chi connectivity index (χ1) is 9.33. The van der Waals surface area contributed by atoms with E-state index in [-0.39, 0.29) is 0 Å². The molecule has 6 heteroatoms. The zero-order chi connectivity index (χ0) is 15.2. The van der Waals surface area contributed by atoms with Crippen molar-refractivity contribution in [2.75, 3.05) is 31.2 Å². The molecular weight excluding hydrogens is 258 g/mol. The molecule has 0 spiro atoms. The molecule has 112 valence electrons. The summed E-state index contributed by atoms with van der Waals surface area (Å²) >= 11 is 0. The summed E-state index contributed by atoms with van der Waals surface area (Å²) < 4.78 is 10.3. The van der Waals surface area contributed by atoms with Gasteiger partial charge in [-0.3, -0.25) is 0 Å². The molecule has 1 amide bonds. The van der Waals surface area contributed by atoms with Crippen molar-refractivity contribution in [2.45, 2.75) is 26.4 Å². The quantitative estimate of drug-likeness (QED) is 0.569. The van der Waals surface area contributed by atoms with Gasteiger partial charge in [-0.1, -0.05) is 6.07 Å². The number of anilines is 2. The molecule has 0 bridgehead atoms. The van der Waals surface area contributed by atoms with E-state index < -0.39 is 11.7 Å². The number of ether oxygens (including phenoxy) is 2. The van der Waals surface area contributed by atoms with Crippen LogP contribution in [-0.4, -0.2) is 31.9 Å². The lowest BCUT2D eigenvalue weighted by Gasteiger charge is -2.19. The SMILES string of the molecule is COc1cccc(NCCNC(=O)OC(C)(C)C)c1N. The van der Waals surface area contributed by atoms with E-state index in [1.165, 1.54) is 0 Å². The van der Waals surface area contributed by atoms with Crippen molar-refractivity contribution in [2.24, 2.45) is 0 Å². The number of nitrogens with two attached hydrogens (primary N) is 1. The predicted octanol–water partition coefficient (Wildman–Crippen LogP) is 2.21. The molecule has 0 fully saturated rings. The first kappa shape index (κ1) is 15.9. The van der Waals surface area contributed by atoms with Crippen LogP contribution in [0.1, 0.15) is 20.8 Å². The van der Waals surface area contributed by atoms with Crippen molar-refractivity contribution in [1.82, 2.24) is 5.32 Å². The summed E-state index contributed by atoms with van der Waals surface area (Å²) in [6, 6.07) is 5.49. The maximum absolute atomic E-state index is 11.4. The molecule has 0 aliphatic rings. The predicted molar refractivity (Wildman–Crippen MR) is 80.1 cm³/mol. The van der Waals surface area contributed by atoms with Crippen LogP contribution in [0.2, 0.25) is 0 Å². The first-order valence-corrected chi connectivity index (χ1v) is 6.46. The largest absolute Gasteiger partial charge is 0.495 e. The van der Waals surface area contributed by atoms with Crippen molar-refractivity contribution in [3.8, 4) is 5.75 Å². The summed E-state index contributed by atoms with van der Waals surface area (Å²) in [4.78, 5) is 11.4. The van der Waals surface area contributed by atoms with Crippen LogP contribution >= 0.6 is 0 Å². The number of hydrogen-bond donors (Lipinski definition) is 3. The third-order valence-corrected chi connectivity index (χ3v) is 2.39. The van der Waals surface area contributed by atoms with E-state index in [9.17, 15) is 4.79 Å². The average Bonchev–Trinajstić information content (AvgIpc) is 2.34. The summed E-state index contributed by atoms with van der Waals surface area (Å²) in [6.45, 7) is 6.44. The number of alkyl carbamates (subject to hydrolysis) is 1. The minimum absolute atomic E-state index is 0.432. The average molecular weight is 281 g/mol. The Labute approximate surface area is 119 Å². The lowest BCUT2D eigenvalue weighted by atomic mass is 10.2. The van der Waals surface area contributed by atoms with Crippen LogP contribution in [0.15, 0.2) is 18.2 Å². The van der Waals surface area contributed by atoms with Gasteiger partial charge in [-0.2, -0.15) is 0 Å². The number of hydrogen-bond acceptors (Lipinski definition) is 5. The van der Waals surface area contributed by atoms with Gasteiger partial charge in [-0.25, -0.2) is 4.79 Å². The van der Waals surface area contributed by atoms with E-state index in [2.05, 4.69) is 10.6 Å². The Hall–Kier alpha value is -2.11. The summed E-state index contributed by atoms with van der Waals surface area (Å²) in [7, 11) is 1.57. The van der Waals surface area contributed by atoms with E-state index in [0.29, 0.717) is 24.5 Å². The van der Waals surface area contributed by atoms with E-state index in [0.717, 1.165) is 5.69 Å². The van der Waals surface area contributed by atoms with E-state index in [1.807, 2.05) is 32.9 Å². The monoisotopic (exact) mass is 281 g/mol. The van der Waals surface area contributed by atoms with Crippen molar-refractivity contribution in [1.29, 1.82) is 0 Å². The van der Waals surface area contributed by atoms with Crippen molar-refractivity contribution in [3.05, 3.63) is 18.2 Å². The van der Waals surface area contributed by atoms with Gasteiger partial charge in [0.25, 0.3) is 0 Å². The third kappa shape index (κ3) is 5.26. The van der Waals surface area contributed by atoms with Crippen LogP contribution in [0, 0.1) is 0 Å². The maximum atomic E-state index is 11.4. The number of nitrogens with one attached hydrogen (secondary N) is 2. The van der Waals surface area contributed by atoms with Gasteiger partial charge in [0, 0.05) is 13.1 Å². The molecular formula is C14H23N3O3. The fraction of sp³-hybridized carbons (Fsp3) is 0.500. The Morgan fingerprint density at radius 3 is 2.60 bits per heavy atom. The fourth-order valence-corrected chi connectivity index (χ4v) is 1.55. The molecule has 4 N–H and O–H groups in total. The molecule has 0 heterocycles. The van der Waals surface area contributed by atoms with Crippen LogP contribution in [0.3, 0.4) is 0 Å². The Kier molecular flexibility index (Phi) is 5.49. The number of benzene rings is 1. The number of carbonyl (C=O) groups is 1. The molecule has 0 unspecified atom stereocenters. The number of nitrogen functional groups attached to an aromatic ring is 1. The first-order valence-electron chi connectivity index (χ1n) is 6.46. The van der Waals surface area contributed by atoms with Crippen molar-refractivity contribution >= 4 is 17.5 Å². The Morgan fingerprint density at radius 2 is 2.00 bits per heavy atom. The molecule has 0 saturated carbocycles. The Morgan fingerprint density at radius 1 is 1.30 bits per heavy atom. The van der Waals surface area contributed by atoms with E-state index in [1.54, 1.807) is 13.2 Å². The van der Waals surface area contributed by atoms with Gasteiger partial charge < -0.3 is 25.8 Å². The smallest absolute Gasteiger partial charge is 0.407 e. The van der Waals surface area contributed by atoms with Crippen LogP contribution in [0.4, 0.5) is 16.2 Å². The zero-order valence-corrected chi connectivity index (χ0v) is 12.4. The minimum Gasteiger partial charge on any atom is -0.495 e. The van der Waals surface area contributed by atoms with Crippen molar-refractivity contribution in [3.63, 3.8) is 0 Å². The van der Waals surface area contributed by atoms with Gasteiger partial charge in [0.2, 0.25) is 0 Å². The van der Waals surface area contributed by atoms with Gasteiger partial charge in [-0.05, 0) is 32.9 Å². The number of carbonyl (C=O) groups excluding carboxylic acids is 1. The molecule has 0 atom stereocenters. The van der Waals surface area contributed by atoms with Crippen LogP contribution < -0.4 is 21.1 Å². The third-order valence-electron chi connectivity index (χ3n) is 2.39. The minimum atomic E-state index is -0.491. The number of para-hydroxylation sites is 1. The zero-order valence-electron chi connectivity index (χ0n) is 12.4. The summed E-state index contributed by atoms with van der Waals surface area (Å²) in [5.74, 6) is 0.620. The molecule has 0 saturated heterocycles. The standard InChI is InChI=1S/C14H23N3O3/c1-14(2,3)20-13(18)17-9-8-16-10-6-5-7-11(19-4)12(10)15/h5-7,16H,8-9,15H2,1-4H3,(H,17,18). The lowest BCUT2D eigenvalue weighted by molar-refractivity contribution is 0.0530. The van der Waals surface area contributed by atoms with E-state index in [4.69, 9.17) is 15.2 Å². The molecule has 0 aliphatic heterocycles. The second kappa shape index (κ2) is 6.88.